The first-order valence-corrected chi connectivity index (χ1v) is 19.5. The number of unbranched alkanes of at least 4 members (excludes halogenated alkanes) is 2. The smallest absolute Gasteiger partial charge is 0.389 e. The predicted octanol–water partition coefficient (Wildman–Crippen LogP) is 6.49. The summed E-state index contributed by atoms with van der Waals surface area (Å²) in [6.07, 6.45) is 0.0706. The van der Waals surface area contributed by atoms with Crippen molar-refractivity contribution in [1.29, 1.82) is 0 Å². The molecular weight excluding hydrogens is 663 g/mol. The zero-order valence-electron chi connectivity index (χ0n) is 27.2. The van der Waals surface area contributed by atoms with Gasteiger partial charge in [-0.2, -0.15) is 35.5 Å². The Morgan fingerprint density at radius 3 is 2.47 bits per heavy atom. The van der Waals surface area contributed by atoms with Crippen molar-refractivity contribution in [2.24, 2.45) is 28.3 Å². The van der Waals surface area contributed by atoms with Crippen LogP contribution in [0.3, 0.4) is 0 Å². The molecule has 2 fully saturated rings. The second-order valence-corrected chi connectivity index (χ2v) is 16.9. The molecule has 4 rings (SSSR count). The van der Waals surface area contributed by atoms with Crippen molar-refractivity contribution < 1.29 is 43.9 Å². The Kier molecular flexibility index (Phi) is 12.3. The van der Waals surface area contributed by atoms with Gasteiger partial charge in [0.25, 0.3) is 0 Å². The van der Waals surface area contributed by atoms with Crippen LogP contribution in [-0.4, -0.2) is 72.5 Å². The van der Waals surface area contributed by atoms with Crippen LogP contribution in [0, 0.1) is 23.2 Å². The second kappa shape index (κ2) is 15.1. The second-order valence-electron chi connectivity index (χ2n) is 14.1. The van der Waals surface area contributed by atoms with E-state index in [-0.39, 0.29) is 22.7 Å². The number of hydrogen-bond acceptors (Lipinski definition) is 6. The van der Waals surface area contributed by atoms with Gasteiger partial charge in [-0.1, -0.05) is 32.4 Å². The van der Waals surface area contributed by atoms with E-state index >= 15 is 0 Å². The van der Waals surface area contributed by atoms with Gasteiger partial charge in [-0.15, -0.1) is 0 Å². The van der Waals surface area contributed by atoms with Gasteiger partial charge in [-0.3, -0.25) is 4.21 Å². The number of aliphatic hydroxyl groups is 1. The van der Waals surface area contributed by atoms with Crippen molar-refractivity contribution in [3.63, 3.8) is 0 Å². The van der Waals surface area contributed by atoms with Crippen molar-refractivity contribution in [1.82, 2.24) is 4.90 Å². The summed E-state index contributed by atoms with van der Waals surface area (Å²) in [5.41, 5.74) is 3.15. The highest BCUT2D eigenvalue weighted by Gasteiger charge is 2.57. The van der Waals surface area contributed by atoms with Crippen molar-refractivity contribution in [2.75, 3.05) is 31.6 Å². The molecular formula is C33H49F5N2O5S2. The SMILES string of the molecule is C=C1[C@H](O)CC2C3C(CCCCCN(C)CCCS(=O)CCCC(F)(F)C(F)(F)F)Cc4cc(OS(N)(=O)=O)ccc4C3CC[C@]12C. The number of nitrogens with two attached hydrogens (primary N) is 1. The molecule has 0 aliphatic heterocycles. The molecule has 0 spiro atoms. The van der Waals surface area contributed by atoms with Crippen LogP contribution in [0.15, 0.2) is 30.4 Å². The minimum absolute atomic E-state index is 0.104. The molecule has 0 bridgehead atoms. The summed E-state index contributed by atoms with van der Waals surface area (Å²) in [6, 6.07) is 5.45. The Morgan fingerprint density at radius 2 is 1.79 bits per heavy atom. The first-order chi connectivity index (χ1) is 21.8. The third-order valence-electron chi connectivity index (χ3n) is 10.9. The Morgan fingerprint density at radius 1 is 1.11 bits per heavy atom. The van der Waals surface area contributed by atoms with Gasteiger partial charge in [0.1, 0.15) is 5.75 Å². The topological polar surface area (TPSA) is 110 Å². The summed E-state index contributed by atoms with van der Waals surface area (Å²) >= 11 is 0. The summed E-state index contributed by atoms with van der Waals surface area (Å²) in [5, 5.41) is 15.9. The standard InChI is InChI=1S/C33H49F5N2O5S2/c1-22-29(41)21-28-30-23(19-24-20-25(45-47(39,43)44)10-11-26(24)27(30)12-14-31(22,28)2)9-5-4-6-15-40(3)16-8-18-46(42)17-7-13-32(34,35)33(36,37)38/h10-11,20,23,27-30,41H,1,4-9,12-19,21H2,2-3H3,(H2,39,43,44)/t23?,27?,28?,29-,30?,31-,46?/m1/s1. The number of nitrogens with zero attached hydrogens (tertiary/aromatic N) is 1. The molecule has 0 amide bonds. The monoisotopic (exact) mass is 712 g/mol. The fourth-order valence-corrected chi connectivity index (χ4v) is 9.92. The molecule has 3 aliphatic carbocycles. The summed E-state index contributed by atoms with van der Waals surface area (Å²) in [4.78, 5) is 2.12. The van der Waals surface area contributed by atoms with Gasteiger partial charge >= 0.3 is 22.4 Å². The predicted molar refractivity (Wildman–Crippen MR) is 173 cm³/mol. The highest BCUT2D eigenvalue weighted by Crippen LogP contribution is 2.64. The molecule has 14 heteroatoms. The summed E-state index contributed by atoms with van der Waals surface area (Å²) < 4.78 is 103. The minimum atomic E-state index is -5.58. The lowest BCUT2D eigenvalue weighted by molar-refractivity contribution is -0.284. The van der Waals surface area contributed by atoms with E-state index < -0.39 is 52.1 Å². The number of rotatable bonds is 16. The van der Waals surface area contributed by atoms with Crippen LogP contribution in [0.4, 0.5) is 22.0 Å². The fourth-order valence-electron chi connectivity index (χ4n) is 8.43. The Labute approximate surface area is 278 Å². The first-order valence-electron chi connectivity index (χ1n) is 16.5. The van der Waals surface area contributed by atoms with Crippen LogP contribution < -0.4 is 9.32 Å². The van der Waals surface area contributed by atoms with Crippen LogP contribution in [-0.2, 0) is 27.5 Å². The first kappa shape index (κ1) is 38.2. The number of halogens is 5. The molecule has 7 atom stereocenters. The van der Waals surface area contributed by atoms with E-state index in [9.17, 15) is 39.7 Å². The highest BCUT2D eigenvalue weighted by molar-refractivity contribution is 7.85. The van der Waals surface area contributed by atoms with E-state index in [4.69, 9.17) is 9.32 Å². The number of hydrogen-bond donors (Lipinski definition) is 2. The third-order valence-corrected chi connectivity index (χ3v) is 12.8. The highest BCUT2D eigenvalue weighted by atomic mass is 32.2. The summed E-state index contributed by atoms with van der Waals surface area (Å²) in [5.74, 6) is -3.09. The van der Waals surface area contributed by atoms with Gasteiger partial charge in [0.05, 0.1) is 6.10 Å². The number of aliphatic hydroxyl groups excluding tert-OH is 1. The van der Waals surface area contributed by atoms with Crippen molar-refractivity contribution in [3.05, 3.63) is 41.5 Å². The van der Waals surface area contributed by atoms with Crippen LogP contribution >= 0.6 is 0 Å². The Hall–Kier alpha value is -1.61. The lowest BCUT2D eigenvalue weighted by Crippen LogP contribution is -2.44. The molecule has 0 aromatic heterocycles. The number of benzene rings is 1. The molecule has 1 aromatic carbocycles. The van der Waals surface area contributed by atoms with Gasteiger partial charge in [0.2, 0.25) is 0 Å². The van der Waals surface area contributed by atoms with Gasteiger partial charge in [-0.25, -0.2) is 0 Å². The maximum atomic E-state index is 13.0. The van der Waals surface area contributed by atoms with Crippen LogP contribution in [0.1, 0.15) is 88.2 Å². The Bertz CT molecular complexity index is 1390. The largest absolute Gasteiger partial charge is 0.453 e. The van der Waals surface area contributed by atoms with Crippen LogP contribution in [0.5, 0.6) is 5.75 Å². The van der Waals surface area contributed by atoms with Crippen molar-refractivity contribution in [2.45, 2.75) is 102 Å². The molecule has 47 heavy (non-hydrogen) atoms. The van der Waals surface area contributed by atoms with E-state index in [2.05, 4.69) is 18.4 Å². The van der Waals surface area contributed by atoms with Crippen molar-refractivity contribution in [3.8, 4) is 5.75 Å². The quantitative estimate of drug-likeness (QED) is 0.115. The summed E-state index contributed by atoms with van der Waals surface area (Å²) in [6.45, 7) is 8.02. The van der Waals surface area contributed by atoms with Gasteiger partial charge < -0.3 is 14.2 Å². The zero-order valence-corrected chi connectivity index (χ0v) is 28.9. The van der Waals surface area contributed by atoms with Crippen LogP contribution in [0.25, 0.3) is 0 Å². The molecule has 3 aliphatic rings. The summed E-state index contributed by atoms with van der Waals surface area (Å²) in [7, 11) is -3.62. The molecule has 268 valence electrons. The molecule has 1 aromatic rings. The van der Waals surface area contributed by atoms with Crippen LogP contribution in [0.2, 0.25) is 0 Å². The average molecular weight is 713 g/mol. The molecule has 0 saturated heterocycles. The molecule has 2 saturated carbocycles. The van der Waals surface area contributed by atoms with Gasteiger partial charge in [0.15, 0.2) is 0 Å². The van der Waals surface area contributed by atoms with E-state index in [1.807, 2.05) is 13.1 Å². The van der Waals surface area contributed by atoms with Gasteiger partial charge in [0, 0.05) is 28.7 Å². The molecule has 0 heterocycles. The van der Waals surface area contributed by atoms with E-state index in [0.29, 0.717) is 43.1 Å². The maximum absolute atomic E-state index is 13.0. The maximum Gasteiger partial charge on any atom is 0.453 e. The average Bonchev–Trinajstić information content (AvgIpc) is 3.19. The third kappa shape index (κ3) is 9.34. The van der Waals surface area contributed by atoms with Crippen molar-refractivity contribution >= 4 is 21.1 Å². The molecule has 3 N–H and O–H groups in total. The minimum Gasteiger partial charge on any atom is -0.389 e. The fraction of sp³-hybridized carbons (Fsp3) is 0.758. The van der Waals surface area contributed by atoms with E-state index in [1.165, 1.54) is 5.56 Å². The number of alkyl halides is 5. The lowest BCUT2D eigenvalue weighted by Gasteiger charge is -2.52. The zero-order chi connectivity index (χ0) is 34.8. The molecule has 0 radical (unpaired) electrons. The Balaban J connectivity index is 1.27. The van der Waals surface area contributed by atoms with E-state index in [0.717, 1.165) is 62.6 Å². The number of fused-ring (bicyclic) bond motifs is 5. The molecule has 7 nitrogen and oxygen atoms in total. The van der Waals surface area contributed by atoms with Gasteiger partial charge in [-0.05, 0) is 129 Å². The molecule has 5 unspecified atom stereocenters. The van der Waals surface area contributed by atoms with E-state index in [1.54, 1.807) is 12.1 Å². The normalized spacial score (nSPS) is 28.6. The lowest BCUT2D eigenvalue weighted by atomic mass is 9.52.